The molecule has 2 atom stereocenters. The number of thiazole rings is 1. The zero-order valence-corrected chi connectivity index (χ0v) is 24.0. The Morgan fingerprint density at radius 3 is 2.56 bits per heavy atom. The van der Waals surface area contributed by atoms with Crippen molar-refractivity contribution >= 4 is 31.2 Å². The van der Waals surface area contributed by atoms with Crippen LogP contribution in [0, 0.1) is 0 Å². The SMILES string of the molecule is COc1cc(-c2ccc(Cl)cc2)ccc1COCC(COO[P+](=O)Oc1cccc(C[n+]2ccsc2)c1)OC. The molecule has 8 nitrogen and oxygen atoms in total. The third kappa shape index (κ3) is 9.08. The predicted octanol–water partition coefficient (Wildman–Crippen LogP) is 6.63. The monoisotopic (exact) mass is 589 g/mol. The fraction of sp³-hybridized carbons (Fsp3) is 0.250. The summed E-state index contributed by atoms with van der Waals surface area (Å²) in [6.07, 6.45) is 1.54. The van der Waals surface area contributed by atoms with E-state index >= 15 is 0 Å². The van der Waals surface area contributed by atoms with Crippen molar-refractivity contribution < 1.29 is 37.4 Å². The average Bonchev–Trinajstić information content (AvgIpc) is 3.46. The van der Waals surface area contributed by atoms with Crippen LogP contribution in [0.15, 0.2) is 83.8 Å². The van der Waals surface area contributed by atoms with Crippen molar-refractivity contribution in [2.75, 3.05) is 27.4 Å². The molecular formula is C28H29ClNO7PS+2. The molecule has 0 aliphatic rings. The van der Waals surface area contributed by atoms with Crippen LogP contribution < -0.4 is 13.8 Å². The van der Waals surface area contributed by atoms with Crippen LogP contribution in [-0.2, 0) is 36.8 Å². The van der Waals surface area contributed by atoms with Gasteiger partial charge in [0.2, 0.25) is 5.51 Å². The van der Waals surface area contributed by atoms with E-state index in [0.717, 1.165) is 22.3 Å². The summed E-state index contributed by atoms with van der Waals surface area (Å²) < 4.78 is 41.3. The summed E-state index contributed by atoms with van der Waals surface area (Å²) in [5.41, 5.74) is 5.95. The second-order valence-electron chi connectivity index (χ2n) is 8.43. The Hall–Kier alpha value is -2.88. The van der Waals surface area contributed by atoms with Gasteiger partial charge < -0.3 is 14.2 Å². The van der Waals surface area contributed by atoms with Gasteiger partial charge in [-0.05, 0) is 41.5 Å². The van der Waals surface area contributed by atoms with E-state index in [1.54, 1.807) is 24.5 Å². The van der Waals surface area contributed by atoms with Crippen LogP contribution in [0.25, 0.3) is 11.1 Å². The number of halogens is 1. The van der Waals surface area contributed by atoms with E-state index < -0.39 is 14.4 Å². The molecule has 2 unspecified atom stereocenters. The molecule has 0 radical (unpaired) electrons. The summed E-state index contributed by atoms with van der Waals surface area (Å²) in [4.78, 5) is 5.11. The summed E-state index contributed by atoms with van der Waals surface area (Å²) in [6.45, 7) is 1.22. The predicted molar refractivity (Wildman–Crippen MR) is 149 cm³/mol. The van der Waals surface area contributed by atoms with Crippen molar-refractivity contribution in [1.29, 1.82) is 0 Å². The van der Waals surface area contributed by atoms with E-state index in [1.165, 1.54) is 7.11 Å². The van der Waals surface area contributed by atoms with Crippen molar-refractivity contribution in [2.24, 2.45) is 0 Å². The number of ether oxygens (including phenoxy) is 3. The molecule has 0 saturated carbocycles. The minimum absolute atomic E-state index is 0.00239. The van der Waals surface area contributed by atoms with Crippen LogP contribution in [0.5, 0.6) is 11.5 Å². The van der Waals surface area contributed by atoms with Gasteiger partial charge in [0.05, 0.1) is 30.4 Å². The van der Waals surface area contributed by atoms with E-state index in [-0.39, 0.29) is 13.2 Å². The lowest BCUT2D eigenvalue weighted by Gasteiger charge is -2.15. The Balaban J connectivity index is 1.20. The molecule has 39 heavy (non-hydrogen) atoms. The molecular weight excluding hydrogens is 561 g/mol. The molecule has 3 aromatic carbocycles. The maximum atomic E-state index is 12.2. The Kier molecular flexibility index (Phi) is 11.2. The Morgan fingerprint density at radius 1 is 1.00 bits per heavy atom. The molecule has 1 heterocycles. The molecule has 0 N–H and O–H groups in total. The van der Waals surface area contributed by atoms with Gasteiger partial charge in [-0.3, -0.25) is 0 Å². The van der Waals surface area contributed by atoms with Crippen LogP contribution in [0.1, 0.15) is 11.1 Å². The molecule has 204 valence electrons. The maximum Gasteiger partial charge on any atom is 0.781 e. The highest BCUT2D eigenvalue weighted by molar-refractivity contribution is 7.33. The third-order valence-electron chi connectivity index (χ3n) is 5.70. The van der Waals surface area contributed by atoms with Crippen molar-refractivity contribution in [3.8, 4) is 22.6 Å². The van der Waals surface area contributed by atoms with Crippen molar-refractivity contribution in [3.05, 3.63) is 100.0 Å². The first kappa shape index (κ1) is 29.1. The van der Waals surface area contributed by atoms with Crippen molar-refractivity contribution in [3.63, 3.8) is 0 Å². The highest BCUT2D eigenvalue weighted by Gasteiger charge is 2.26. The highest BCUT2D eigenvalue weighted by Crippen LogP contribution is 2.30. The number of hydrogen-bond donors (Lipinski definition) is 0. The zero-order chi connectivity index (χ0) is 27.5. The van der Waals surface area contributed by atoms with E-state index in [4.69, 9.17) is 39.9 Å². The summed E-state index contributed by atoms with van der Waals surface area (Å²) >= 11 is 7.61. The fourth-order valence-corrected chi connectivity index (χ4v) is 4.87. The molecule has 11 heteroatoms. The van der Waals surface area contributed by atoms with Crippen LogP contribution in [0.3, 0.4) is 0 Å². The highest BCUT2D eigenvalue weighted by atomic mass is 35.5. The number of methoxy groups -OCH3 is 2. The Bertz CT molecular complexity index is 1340. The maximum absolute atomic E-state index is 12.2. The van der Waals surface area contributed by atoms with Gasteiger partial charge in [0.1, 0.15) is 18.5 Å². The smallest absolute Gasteiger partial charge is 0.496 e. The van der Waals surface area contributed by atoms with Crippen LogP contribution >= 0.6 is 31.2 Å². The molecule has 0 saturated heterocycles. The van der Waals surface area contributed by atoms with E-state index in [1.807, 2.05) is 82.3 Å². The summed E-state index contributed by atoms with van der Waals surface area (Å²) in [5, 5.41) is 2.68. The fourth-order valence-electron chi connectivity index (χ4n) is 3.68. The number of rotatable bonds is 15. The van der Waals surface area contributed by atoms with Gasteiger partial charge in [0.15, 0.2) is 18.5 Å². The molecule has 4 aromatic rings. The van der Waals surface area contributed by atoms with E-state index in [0.29, 0.717) is 29.7 Å². The zero-order valence-electron chi connectivity index (χ0n) is 21.5. The first-order valence-electron chi connectivity index (χ1n) is 12.0. The summed E-state index contributed by atoms with van der Waals surface area (Å²) in [7, 11) is 0.623. The second kappa shape index (κ2) is 15.1. The summed E-state index contributed by atoms with van der Waals surface area (Å²) in [6, 6.07) is 20.9. The van der Waals surface area contributed by atoms with Gasteiger partial charge in [-0.1, -0.05) is 59.3 Å². The van der Waals surface area contributed by atoms with Crippen LogP contribution in [0.4, 0.5) is 0 Å². The summed E-state index contributed by atoms with van der Waals surface area (Å²) in [5.74, 6) is 1.14. The first-order chi connectivity index (χ1) is 19.0. The minimum Gasteiger partial charge on any atom is -0.496 e. The van der Waals surface area contributed by atoms with Gasteiger partial charge in [0.25, 0.3) is 0 Å². The Morgan fingerprint density at radius 2 is 1.82 bits per heavy atom. The standard InChI is InChI=1S/C28H29ClNO7PS/c1-32-27(18-34-17-24-7-6-23(15-28(24)33-2)22-8-10-25(29)11-9-22)19-35-37-38(31)36-26-5-3-4-21(14-26)16-30-12-13-39-20-30/h3-15,20,27H,16-19H2,1-2H3/q+2. The Labute approximate surface area is 237 Å². The molecule has 4 rings (SSSR count). The van der Waals surface area contributed by atoms with Gasteiger partial charge in [0, 0.05) is 27.8 Å². The average molecular weight is 590 g/mol. The van der Waals surface area contributed by atoms with Crippen LogP contribution in [-0.4, -0.2) is 33.5 Å². The van der Waals surface area contributed by atoms with Gasteiger partial charge in [-0.25, -0.2) is 4.52 Å². The molecule has 0 fully saturated rings. The molecule has 1 aromatic heterocycles. The van der Waals surface area contributed by atoms with Crippen molar-refractivity contribution in [1.82, 2.24) is 0 Å². The largest absolute Gasteiger partial charge is 0.781 e. The molecule has 0 aliphatic carbocycles. The number of hydrogen-bond acceptors (Lipinski definition) is 8. The van der Waals surface area contributed by atoms with E-state index in [2.05, 4.69) is 0 Å². The van der Waals surface area contributed by atoms with Gasteiger partial charge >= 0.3 is 8.25 Å². The normalized spacial score (nSPS) is 12.2. The molecule has 0 bridgehead atoms. The first-order valence-corrected chi connectivity index (χ1v) is 14.4. The molecule has 0 spiro atoms. The van der Waals surface area contributed by atoms with Crippen LogP contribution in [0.2, 0.25) is 5.02 Å². The lowest BCUT2D eigenvalue weighted by atomic mass is 10.0. The van der Waals surface area contributed by atoms with Crippen molar-refractivity contribution in [2.45, 2.75) is 19.3 Å². The number of benzene rings is 3. The number of aromatic nitrogens is 1. The quantitative estimate of drug-likeness (QED) is 0.0667. The minimum atomic E-state index is -2.53. The number of nitrogens with zero attached hydrogens (tertiary/aromatic N) is 1. The van der Waals surface area contributed by atoms with E-state index in [9.17, 15) is 4.57 Å². The van der Waals surface area contributed by atoms with Gasteiger partial charge in [-0.2, -0.15) is 9.45 Å². The lowest BCUT2D eigenvalue weighted by molar-refractivity contribution is -0.683. The third-order valence-corrected chi connectivity index (χ3v) is 7.21. The van der Waals surface area contributed by atoms with Gasteiger partial charge in [-0.15, -0.1) is 0 Å². The lowest BCUT2D eigenvalue weighted by Crippen LogP contribution is -2.30. The molecule has 0 amide bonds. The molecule has 0 aliphatic heterocycles. The topological polar surface area (TPSA) is 76.3 Å². The second-order valence-corrected chi connectivity index (χ2v) is 10.4.